The minimum absolute atomic E-state index is 0.922. The molecule has 0 aromatic heterocycles. The fraction of sp³-hybridized carbons (Fsp3) is 0.517. The molecule has 0 N–H and O–H groups in total. The molecular formula is C29H40. The highest BCUT2D eigenvalue weighted by molar-refractivity contribution is 5.71. The zero-order valence-corrected chi connectivity index (χ0v) is 18.8. The summed E-state index contributed by atoms with van der Waals surface area (Å²) in [5.74, 6) is 0.922. The third kappa shape index (κ3) is 6.88. The highest BCUT2D eigenvalue weighted by Gasteiger charge is 2.15. The molecule has 0 radical (unpaired) electrons. The monoisotopic (exact) mass is 388 g/mol. The quantitative estimate of drug-likeness (QED) is 0.336. The molecule has 29 heavy (non-hydrogen) atoms. The van der Waals surface area contributed by atoms with Crippen molar-refractivity contribution in [3.8, 4) is 11.1 Å². The van der Waals surface area contributed by atoms with E-state index in [4.69, 9.17) is 0 Å². The lowest BCUT2D eigenvalue weighted by atomic mass is 9.83. The number of rotatable bonds is 11. The van der Waals surface area contributed by atoms with Crippen LogP contribution in [0.15, 0.2) is 54.6 Å². The van der Waals surface area contributed by atoms with Gasteiger partial charge in [0.25, 0.3) is 0 Å². The lowest BCUT2D eigenvalue weighted by Crippen LogP contribution is -2.05. The smallest absolute Gasteiger partial charge is 0.0184 e. The Hall–Kier alpha value is -1.82. The van der Waals surface area contributed by atoms with Gasteiger partial charge in [-0.15, -0.1) is 0 Å². The summed E-state index contributed by atoms with van der Waals surface area (Å²) in [4.78, 5) is 0. The first-order valence-corrected chi connectivity index (χ1v) is 12.2. The van der Waals surface area contributed by atoms with E-state index in [0.29, 0.717) is 0 Å². The molecule has 156 valence electrons. The molecule has 3 rings (SSSR count). The molecule has 0 aliphatic heterocycles. The molecule has 0 heteroatoms. The highest BCUT2D eigenvalue weighted by Crippen LogP contribution is 2.33. The van der Waals surface area contributed by atoms with Gasteiger partial charge in [-0.2, -0.15) is 0 Å². The molecular weight excluding hydrogens is 348 g/mol. The lowest BCUT2D eigenvalue weighted by molar-refractivity contribution is 0.423. The summed E-state index contributed by atoms with van der Waals surface area (Å²) < 4.78 is 0. The third-order valence-corrected chi connectivity index (χ3v) is 6.60. The zero-order valence-electron chi connectivity index (χ0n) is 18.8. The van der Waals surface area contributed by atoms with Crippen molar-refractivity contribution >= 4 is 5.57 Å². The van der Waals surface area contributed by atoms with Crippen molar-refractivity contribution in [1.82, 2.24) is 0 Å². The predicted molar refractivity (Wildman–Crippen MR) is 129 cm³/mol. The maximum absolute atomic E-state index is 2.53. The van der Waals surface area contributed by atoms with Gasteiger partial charge < -0.3 is 0 Å². The summed E-state index contributed by atoms with van der Waals surface area (Å²) in [6.45, 7) is 4.55. The van der Waals surface area contributed by atoms with Crippen molar-refractivity contribution < 1.29 is 0 Å². The molecule has 0 fully saturated rings. The van der Waals surface area contributed by atoms with Gasteiger partial charge in [0.1, 0.15) is 0 Å². The van der Waals surface area contributed by atoms with Crippen molar-refractivity contribution in [3.05, 3.63) is 65.7 Å². The topological polar surface area (TPSA) is 0 Å². The van der Waals surface area contributed by atoms with Gasteiger partial charge >= 0.3 is 0 Å². The van der Waals surface area contributed by atoms with Crippen molar-refractivity contribution in [2.24, 2.45) is 5.92 Å². The van der Waals surface area contributed by atoms with Gasteiger partial charge in [-0.3, -0.25) is 0 Å². The summed E-state index contributed by atoms with van der Waals surface area (Å²) >= 11 is 0. The fourth-order valence-corrected chi connectivity index (χ4v) is 4.57. The Kier molecular flexibility index (Phi) is 9.06. The second-order valence-electron chi connectivity index (χ2n) is 8.95. The minimum Gasteiger partial charge on any atom is -0.0804 e. The Morgan fingerprint density at radius 3 is 1.93 bits per heavy atom. The van der Waals surface area contributed by atoms with E-state index in [1.807, 2.05) is 0 Å². The Balaban J connectivity index is 1.51. The van der Waals surface area contributed by atoms with Crippen LogP contribution in [0.25, 0.3) is 16.7 Å². The molecule has 2 aromatic rings. The fourth-order valence-electron chi connectivity index (χ4n) is 4.57. The Bertz CT molecular complexity index is 733. The van der Waals surface area contributed by atoms with Crippen LogP contribution in [0, 0.1) is 5.92 Å². The Labute approximate surface area is 179 Å². The van der Waals surface area contributed by atoms with Gasteiger partial charge in [0, 0.05) is 0 Å². The summed E-state index contributed by atoms with van der Waals surface area (Å²) in [5, 5.41) is 0. The van der Waals surface area contributed by atoms with Gasteiger partial charge in [-0.1, -0.05) is 113 Å². The second kappa shape index (κ2) is 12.0. The van der Waals surface area contributed by atoms with Crippen LogP contribution in [0.4, 0.5) is 0 Å². The van der Waals surface area contributed by atoms with Gasteiger partial charge in [0.05, 0.1) is 0 Å². The molecule has 0 saturated heterocycles. The molecule has 0 bridgehead atoms. The average Bonchev–Trinajstić information content (AvgIpc) is 2.78. The van der Waals surface area contributed by atoms with E-state index >= 15 is 0 Å². The maximum Gasteiger partial charge on any atom is -0.0184 e. The van der Waals surface area contributed by atoms with Crippen LogP contribution in [0.5, 0.6) is 0 Å². The van der Waals surface area contributed by atoms with Crippen LogP contribution in [0.3, 0.4) is 0 Å². The van der Waals surface area contributed by atoms with Crippen LogP contribution in [-0.2, 0) is 6.42 Å². The Morgan fingerprint density at radius 1 is 0.690 bits per heavy atom. The van der Waals surface area contributed by atoms with E-state index in [1.165, 1.54) is 99.3 Å². The van der Waals surface area contributed by atoms with E-state index in [0.717, 1.165) is 5.92 Å². The average molecular weight is 389 g/mol. The molecule has 0 amide bonds. The summed E-state index contributed by atoms with van der Waals surface area (Å²) in [6, 6.07) is 18.4. The number of unbranched alkanes of at least 4 members (excludes halogenated alkanes) is 5. The number of aryl methyl sites for hydroxylation is 1. The van der Waals surface area contributed by atoms with Gasteiger partial charge in [-0.25, -0.2) is 0 Å². The molecule has 2 aromatic carbocycles. The molecule has 0 saturated carbocycles. The highest BCUT2D eigenvalue weighted by atomic mass is 14.2. The molecule has 1 aliphatic carbocycles. The summed E-state index contributed by atoms with van der Waals surface area (Å²) in [7, 11) is 0. The van der Waals surface area contributed by atoms with Crippen molar-refractivity contribution in [3.63, 3.8) is 0 Å². The zero-order chi connectivity index (χ0) is 20.3. The van der Waals surface area contributed by atoms with Crippen molar-refractivity contribution in [1.29, 1.82) is 0 Å². The van der Waals surface area contributed by atoms with Gasteiger partial charge in [-0.05, 0) is 65.8 Å². The SMILES string of the molecule is CCCCCCCC1CC=C(c2ccc(-c3ccc(CCCC)cc3)cc2)CC1. The molecule has 1 aliphatic rings. The predicted octanol–water partition coefficient (Wildman–Crippen LogP) is 9.24. The van der Waals surface area contributed by atoms with E-state index in [1.54, 1.807) is 5.57 Å². The van der Waals surface area contributed by atoms with E-state index in [-0.39, 0.29) is 0 Å². The first-order chi connectivity index (χ1) is 14.3. The first kappa shape index (κ1) is 21.9. The van der Waals surface area contributed by atoms with Crippen LogP contribution < -0.4 is 0 Å². The molecule has 0 heterocycles. The molecule has 1 atom stereocenters. The molecule has 1 unspecified atom stereocenters. The first-order valence-electron chi connectivity index (χ1n) is 12.2. The van der Waals surface area contributed by atoms with Crippen LogP contribution in [-0.4, -0.2) is 0 Å². The van der Waals surface area contributed by atoms with Crippen molar-refractivity contribution in [2.45, 2.75) is 90.9 Å². The molecule has 0 spiro atoms. The lowest BCUT2D eigenvalue weighted by Gasteiger charge is -2.22. The van der Waals surface area contributed by atoms with Crippen LogP contribution in [0.1, 0.15) is 95.6 Å². The Morgan fingerprint density at radius 2 is 1.31 bits per heavy atom. The maximum atomic E-state index is 2.53. The van der Waals surface area contributed by atoms with Crippen molar-refractivity contribution in [2.75, 3.05) is 0 Å². The number of benzene rings is 2. The van der Waals surface area contributed by atoms with Crippen LogP contribution in [0.2, 0.25) is 0 Å². The summed E-state index contributed by atoms with van der Waals surface area (Å²) in [6.07, 6.45) is 18.7. The van der Waals surface area contributed by atoms with E-state index in [2.05, 4.69) is 68.5 Å². The van der Waals surface area contributed by atoms with Crippen LogP contribution >= 0.6 is 0 Å². The van der Waals surface area contributed by atoms with Gasteiger partial charge in [0.15, 0.2) is 0 Å². The van der Waals surface area contributed by atoms with Gasteiger partial charge in [0.2, 0.25) is 0 Å². The van der Waals surface area contributed by atoms with E-state index in [9.17, 15) is 0 Å². The molecule has 0 nitrogen and oxygen atoms in total. The number of hydrogen-bond donors (Lipinski definition) is 0. The second-order valence-corrected chi connectivity index (χ2v) is 8.95. The number of hydrogen-bond acceptors (Lipinski definition) is 0. The standard InChI is InChI=1S/C29H40/c1-3-5-7-8-9-11-25-14-18-27(19-15-25)29-22-20-28(21-23-29)26-16-12-24(13-17-26)10-6-4-2/h12-13,16-18,20-23,25H,3-11,14-15,19H2,1-2H3. The minimum atomic E-state index is 0.922. The van der Waals surface area contributed by atoms with E-state index < -0.39 is 0 Å². The largest absolute Gasteiger partial charge is 0.0804 e. The normalized spacial score (nSPS) is 16.6. The number of allylic oxidation sites excluding steroid dienone is 2. The third-order valence-electron chi connectivity index (χ3n) is 6.60. The summed E-state index contributed by atoms with van der Waals surface area (Å²) in [5.41, 5.74) is 7.11.